The molecule has 0 N–H and O–H groups in total. The molecule has 0 atom stereocenters. The van der Waals surface area contributed by atoms with Gasteiger partial charge in [-0.25, -0.2) is 0 Å². The van der Waals surface area contributed by atoms with Crippen molar-refractivity contribution in [3.8, 4) is 11.6 Å². The highest BCUT2D eigenvalue weighted by Crippen LogP contribution is 2.47. The molecule has 0 aliphatic carbocycles. The van der Waals surface area contributed by atoms with Crippen molar-refractivity contribution in [2.45, 2.75) is 0 Å². The zero-order chi connectivity index (χ0) is 34.4. The van der Waals surface area contributed by atoms with Crippen molar-refractivity contribution in [3.63, 3.8) is 0 Å². The molecular weight excluding hydrogens is 647 g/mol. The summed E-state index contributed by atoms with van der Waals surface area (Å²) in [4.78, 5) is 0. The summed E-state index contributed by atoms with van der Waals surface area (Å²) in [5.41, 5.74) is 8.19. The van der Waals surface area contributed by atoms with E-state index < -0.39 is 0 Å². The SMILES string of the molecule is c1ccc2cc3c(cc2c1)c1c2c4ccccc4n4c5ccccc5c(cc1n3-c1nnc(-n3c5ccccc5c5ccccc53)c3ccccc13)c24. The van der Waals surface area contributed by atoms with Gasteiger partial charge in [0, 0.05) is 53.9 Å². The minimum Gasteiger partial charge on any atom is -0.308 e. The van der Waals surface area contributed by atoms with E-state index in [9.17, 15) is 0 Å². The minimum absolute atomic E-state index is 0.821. The molecule has 5 nitrogen and oxygen atoms in total. The molecule has 0 fully saturated rings. The Morgan fingerprint density at radius 1 is 0.302 bits per heavy atom. The van der Waals surface area contributed by atoms with Gasteiger partial charge in [0.05, 0.1) is 38.6 Å². The molecule has 0 bridgehead atoms. The monoisotopic (exact) mass is 673 g/mol. The number of nitrogens with zero attached hydrogens (tertiary/aromatic N) is 5. The van der Waals surface area contributed by atoms with Gasteiger partial charge in [0.2, 0.25) is 0 Å². The van der Waals surface area contributed by atoms with E-state index in [0.717, 1.165) is 44.5 Å². The standard InChI is InChI=1S/C48H27N5/c1-2-14-29-26-42-37(25-28(29)13-1)44-43(27-36-32-17-7-9-21-38(32)51-41-24-12-8-20-35(41)45(44)46(36)51)53(42)48-34-19-4-3-18-33(34)47(49-50-48)52-39-22-10-5-15-30(39)31-16-6-11-23-40(31)52/h1-27H. The van der Waals surface area contributed by atoms with Crippen LogP contribution in [0.1, 0.15) is 0 Å². The van der Waals surface area contributed by atoms with Crippen molar-refractivity contribution in [2.75, 3.05) is 0 Å². The lowest BCUT2D eigenvalue weighted by atomic mass is 10.0. The van der Waals surface area contributed by atoms with Crippen LogP contribution in [-0.2, 0) is 0 Å². The summed E-state index contributed by atoms with van der Waals surface area (Å²) < 4.78 is 7.12. The molecule has 0 spiro atoms. The Morgan fingerprint density at radius 3 is 1.38 bits per heavy atom. The molecule has 5 aromatic heterocycles. The highest BCUT2D eigenvalue weighted by atomic mass is 15.3. The summed E-state index contributed by atoms with van der Waals surface area (Å²) in [6, 6.07) is 59.3. The number of benzene rings is 8. The van der Waals surface area contributed by atoms with Gasteiger partial charge in [0.15, 0.2) is 11.6 Å². The Morgan fingerprint density at radius 2 is 0.755 bits per heavy atom. The van der Waals surface area contributed by atoms with E-state index in [2.05, 4.69) is 177 Å². The molecule has 0 saturated carbocycles. The fourth-order valence-electron chi connectivity index (χ4n) is 9.48. The van der Waals surface area contributed by atoms with Crippen LogP contribution < -0.4 is 0 Å². The molecule has 0 radical (unpaired) electrons. The van der Waals surface area contributed by atoms with Crippen molar-refractivity contribution < 1.29 is 0 Å². The van der Waals surface area contributed by atoms with E-state index >= 15 is 0 Å². The van der Waals surface area contributed by atoms with Crippen LogP contribution in [0.2, 0.25) is 0 Å². The molecular formula is C48H27N5. The second kappa shape index (κ2) is 9.75. The molecule has 244 valence electrons. The zero-order valence-corrected chi connectivity index (χ0v) is 28.3. The van der Waals surface area contributed by atoms with Crippen molar-refractivity contribution in [3.05, 3.63) is 164 Å². The molecule has 0 aliphatic rings. The normalized spacial score (nSPS) is 12.5. The molecule has 0 amide bonds. The predicted molar refractivity (Wildman–Crippen MR) is 220 cm³/mol. The van der Waals surface area contributed by atoms with Gasteiger partial charge in [-0.1, -0.05) is 121 Å². The highest BCUT2D eigenvalue weighted by Gasteiger charge is 2.26. The molecule has 0 unspecified atom stereocenters. The summed E-state index contributed by atoms with van der Waals surface area (Å²) >= 11 is 0. The molecule has 0 saturated heterocycles. The Labute approximate surface area is 301 Å². The highest BCUT2D eigenvalue weighted by molar-refractivity contribution is 6.36. The van der Waals surface area contributed by atoms with Crippen LogP contribution in [-0.4, -0.2) is 23.7 Å². The Bertz CT molecular complexity index is 3640. The van der Waals surface area contributed by atoms with Gasteiger partial charge < -0.3 is 4.40 Å². The average molecular weight is 674 g/mol. The van der Waals surface area contributed by atoms with Gasteiger partial charge in [-0.2, -0.15) is 0 Å². The Balaban J connectivity index is 1.23. The third kappa shape index (κ3) is 3.37. The smallest absolute Gasteiger partial charge is 0.168 e. The first kappa shape index (κ1) is 27.5. The van der Waals surface area contributed by atoms with Gasteiger partial charge >= 0.3 is 0 Å². The third-order valence-corrected chi connectivity index (χ3v) is 11.6. The van der Waals surface area contributed by atoms with E-state index in [-0.39, 0.29) is 0 Å². The lowest BCUT2D eigenvalue weighted by Crippen LogP contribution is -2.06. The van der Waals surface area contributed by atoms with Gasteiger partial charge in [-0.15, -0.1) is 10.2 Å². The third-order valence-electron chi connectivity index (χ3n) is 11.6. The Kier molecular flexibility index (Phi) is 5.06. The molecule has 8 aromatic carbocycles. The average Bonchev–Trinajstić information content (AvgIpc) is 3.93. The van der Waals surface area contributed by atoms with Crippen molar-refractivity contribution in [1.29, 1.82) is 0 Å². The van der Waals surface area contributed by atoms with E-state index in [1.807, 2.05) is 0 Å². The number of rotatable bonds is 2. The summed E-state index contributed by atoms with van der Waals surface area (Å²) in [6.07, 6.45) is 0. The predicted octanol–water partition coefficient (Wildman–Crippen LogP) is 12.1. The summed E-state index contributed by atoms with van der Waals surface area (Å²) in [7, 11) is 0. The lowest BCUT2D eigenvalue weighted by Gasteiger charge is -2.14. The van der Waals surface area contributed by atoms with Gasteiger partial charge in [0.1, 0.15) is 0 Å². The lowest BCUT2D eigenvalue weighted by molar-refractivity contribution is 0.930. The van der Waals surface area contributed by atoms with Crippen LogP contribution in [0.3, 0.4) is 0 Å². The van der Waals surface area contributed by atoms with Crippen molar-refractivity contribution in [1.82, 2.24) is 23.7 Å². The second-order valence-corrected chi connectivity index (χ2v) is 14.2. The molecule has 13 aromatic rings. The van der Waals surface area contributed by atoms with Gasteiger partial charge in [-0.05, 0) is 53.2 Å². The topological polar surface area (TPSA) is 40.1 Å². The molecule has 53 heavy (non-hydrogen) atoms. The number of aromatic nitrogens is 5. The van der Waals surface area contributed by atoms with Crippen LogP contribution in [0.15, 0.2) is 164 Å². The van der Waals surface area contributed by atoms with Crippen LogP contribution in [0, 0.1) is 0 Å². The molecule has 13 rings (SSSR count). The maximum Gasteiger partial charge on any atom is 0.168 e. The van der Waals surface area contributed by atoms with E-state index in [1.54, 1.807) is 0 Å². The summed E-state index contributed by atoms with van der Waals surface area (Å²) in [5, 5.41) is 24.8. The first-order chi connectivity index (χ1) is 26.3. The van der Waals surface area contributed by atoms with E-state index in [1.165, 1.54) is 70.4 Å². The number of para-hydroxylation sites is 4. The van der Waals surface area contributed by atoms with Crippen LogP contribution in [0.4, 0.5) is 0 Å². The maximum atomic E-state index is 5.23. The van der Waals surface area contributed by atoms with Gasteiger partial charge in [0.25, 0.3) is 0 Å². The Hall–Kier alpha value is -7.24. The maximum absolute atomic E-state index is 5.23. The molecule has 0 aliphatic heterocycles. The fourth-order valence-corrected chi connectivity index (χ4v) is 9.48. The summed E-state index contributed by atoms with van der Waals surface area (Å²) in [6.45, 7) is 0. The number of fused-ring (bicyclic) bond motifs is 15. The summed E-state index contributed by atoms with van der Waals surface area (Å²) in [5.74, 6) is 1.65. The minimum atomic E-state index is 0.821. The van der Waals surface area contributed by atoms with E-state index in [4.69, 9.17) is 10.2 Å². The quantitative estimate of drug-likeness (QED) is 0.183. The van der Waals surface area contributed by atoms with E-state index in [0.29, 0.717) is 0 Å². The number of hydrogen-bond donors (Lipinski definition) is 0. The van der Waals surface area contributed by atoms with Crippen molar-refractivity contribution >= 4 is 103 Å². The largest absolute Gasteiger partial charge is 0.308 e. The van der Waals surface area contributed by atoms with Gasteiger partial charge in [-0.3, -0.25) is 9.13 Å². The van der Waals surface area contributed by atoms with Crippen molar-refractivity contribution in [2.24, 2.45) is 0 Å². The second-order valence-electron chi connectivity index (χ2n) is 14.2. The van der Waals surface area contributed by atoms with Crippen LogP contribution in [0.25, 0.3) is 115 Å². The molecule has 5 heterocycles. The van der Waals surface area contributed by atoms with Crippen LogP contribution >= 0.6 is 0 Å². The molecule has 5 heteroatoms. The first-order valence-electron chi connectivity index (χ1n) is 18.1. The number of hydrogen-bond acceptors (Lipinski definition) is 2. The van der Waals surface area contributed by atoms with Crippen LogP contribution in [0.5, 0.6) is 0 Å². The fraction of sp³-hybridized carbons (Fsp3) is 0. The zero-order valence-electron chi connectivity index (χ0n) is 28.3. The first-order valence-corrected chi connectivity index (χ1v) is 18.1.